The van der Waals surface area contributed by atoms with Crippen LogP contribution in [-0.2, 0) is 0 Å². The molecule has 0 saturated carbocycles. The highest BCUT2D eigenvalue weighted by atomic mass is 16.5. The summed E-state index contributed by atoms with van der Waals surface area (Å²) in [6.07, 6.45) is 0.755. The van der Waals surface area contributed by atoms with Gasteiger partial charge in [-0.1, -0.05) is 31.2 Å². The predicted molar refractivity (Wildman–Crippen MR) is 131 cm³/mol. The van der Waals surface area contributed by atoms with E-state index in [1.54, 1.807) is 49.6 Å². The second-order valence-corrected chi connectivity index (χ2v) is 9.07. The lowest BCUT2D eigenvalue weighted by Crippen LogP contribution is -2.51. The van der Waals surface area contributed by atoms with E-state index in [4.69, 9.17) is 14.2 Å². The summed E-state index contributed by atoms with van der Waals surface area (Å²) in [6.45, 7) is 6.25. The lowest BCUT2D eigenvalue weighted by molar-refractivity contribution is 0.0730. The summed E-state index contributed by atoms with van der Waals surface area (Å²) in [5.74, 6) is 0.944. The predicted octanol–water partition coefficient (Wildman–Crippen LogP) is 5.86. The Morgan fingerprint density at radius 1 is 0.882 bits per heavy atom. The van der Waals surface area contributed by atoms with Crippen molar-refractivity contribution in [3.05, 3.63) is 83.4 Å². The zero-order valence-electron chi connectivity index (χ0n) is 20.1. The molecular weight excluding hydrogens is 430 g/mol. The van der Waals surface area contributed by atoms with E-state index >= 15 is 0 Å². The molecule has 1 unspecified atom stereocenters. The quantitative estimate of drug-likeness (QED) is 0.353. The first-order valence-corrected chi connectivity index (χ1v) is 11.2. The van der Waals surface area contributed by atoms with Crippen LogP contribution in [0, 0.1) is 0 Å². The normalized spacial score (nSPS) is 16.4. The van der Waals surface area contributed by atoms with Crippen LogP contribution in [0.15, 0.2) is 66.7 Å². The van der Waals surface area contributed by atoms with E-state index in [2.05, 4.69) is 20.8 Å². The van der Waals surface area contributed by atoms with Crippen LogP contribution in [-0.4, -0.2) is 31.6 Å². The number of esters is 1. The Morgan fingerprint density at radius 3 is 2.12 bits per heavy atom. The van der Waals surface area contributed by atoms with Crippen LogP contribution in [0.3, 0.4) is 0 Å². The average molecular weight is 460 g/mol. The number of amides is 1. The van der Waals surface area contributed by atoms with E-state index < -0.39 is 11.5 Å². The van der Waals surface area contributed by atoms with Gasteiger partial charge in [0.15, 0.2) is 0 Å². The van der Waals surface area contributed by atoms with Crippen molar-refractivity contribution in [3.63, 3.8) is 0 Å². The van der Waals surface area contributed by atoms with Crippen LogP contribution in [0.2, 0.25) is 0 Å². The summed E-state index contributed by atoms with van der Waals surface area (Å²) in [5.41, 5.74) is 2.19. The van der Waals surface area contributed by atoms with Crippen molar-refractivity contribution in [2.24, 2.45) is 0 Å². The fourth-order valence-corrected chi connectivity index (χ4v) is 4.77. The summed E-state index contributed by atoms with van der Waals surface area (Å²) >= 11 is 0. The number of hydrogen-bond donors (Lipinski definition) is 0. The van der Waals surface area contributed by atoms with E-state index in [1.165, 1.54) is 7.11 Å². The third kappa shape index (κ3) is 4.23. The maximum absolute atomic E-state index is 13.7. The molecule has 0 N–H and O–H groups in total. The van der Waals surface area contributed by atoms with E-state index in [0.29, 0.717) is 28.4 Å². The van der Waals surface area contributed by atoms with E-state index in [-0.39, 0.29) is 11.8 Å². The number of nitrogens with zero attached hydrogens (tertiary/aromatic N) is 1. The summed E-state index contributed by atoms with van der Waals surface area (Å²) in [7, 11) is 3.08. The van der Waals surface area contributed by atoms with Crippen LogP contribution in [0.25, 0.3) is 0 Å². The molecule has 6 nitrogen and oxygen atoms in total. The number of benzene rings is 3. The zero-order valence-corrected chi connectivity index (χ0v) is 20.1. The van der Waals surface area contributed by atoms with Gasteiger partial charge in [0.2, 0.25) is 0 Å². The summed E-state index contributed by atoms with van der Waals surface area (Å²) in [4.78, 5) is 28.3. The first-order valence-electron chi connectivity index (χ1n) is 11.2. The Hall–Kier alpha value is -3.80. The van der Waals surface area contributed by atoms with Crippen LogP contribution < -0.4 is 19.1 Å². The molecule has 1 aliphatic heterocycles. The van der Waals surface area contributed by atoms with Crippen molar-refractivity contribution in [3.8, 4) is 17.2 Å². The van der Waals surface area contributed by atoms with Gasteiger partial charge in [-0.2, -0.15) is 0 Å². The van der Waals surface area contributed by atoms with E-state index in [9.17, 15) is 9.59 Å². The molecule has 1 aliphatic rings. The monoisotopic (exact) mass is 459 g/mol. The van der Waals surface area contributed by atoms with Crippen molar-refractivity contribution in [1.82, 2.24) is 0 Å². The van der Waals surface area contributed by atoms with Crippen molar-refractivity contribution in [1.29, 1.82) is 0 Å². The van der Waals surface area contributed by atoms with Gasteiger partial charge in [0.05, 0.1) is 19.8 Å². The van der Waals surface area contributed by atoms with Crippen LogP contribution in [0.1, 0.15) is 59.4 Å². The minimum Gasteiger partial charge on any atom is -0.496 e. The largest absolute Gasteiger partial charge is 0.496 e. The average Bonchev–Trinajstić information content (AvgIpc) is 2.83. The van der Waals surface area contributed by atoms with Crippen molar-refractivity contribution < 1.29 is 23.8 Å². The number of hydrogen-bond acceptors (Lipinski definition) is 5. The molecule has 0 aliphatic carbocycles. The highest BCUT2D eigenvalue weighted by Gasteiger charge is 2.41. The molecule has 176 valence electrons. The Labute approximate surface area is 200 Å². The second-order valence-electron chi connectivity index (χ2n) is 9.07. The lowest BCUT2D eigenvalue weighted by Gasteiger charge is -2.46. The third-order valence-corrected chi connectivity index (χ3v) is 6.26. The summed E-state index contributed by atoms with van der Waals surface area (Å²) in [6, 6.07) is 19.6. The summed E-state index contributed by atoms with van der Waals surface area (Å²) in [5, 5.41) is 0. The van der Waals surface area contributed by atoms with Gasteiger partial charge in [-0.3, -0.25) is 4.79 Å². The molecule has 1 heterocycles. The topological polar surface area (TPSA) is 65.1 Å². The third-order valence-electron chi connectivity index (χ3n) is 6.26. The number of para-hydroxylation sites is 2. The molecule has 0 bridgehead atoms. The standard InChI is InChI=1S/C28H29NO5/c1-18-17-28(2,3)29(26(30)20-10-6-8-12-24(20)32-4)23-15-14-19(16-22(18)23)34-27(31)21-11-7-9-13-25(21)33-5/h6-16,18H,17H2,1-5H3. The van der Waals surface area contributed by atoms with Gasteiger partial charge >= 0.3 is 5.97 Å². The van der Waals surface area contributed by atoms with Gasteiger partial charge in [0.1, 0.15) is 22.8 Å². The SMILES string of the molecule is COc1ccccc1C(=O)Oc1ccc2c(c1)C(C)CC(C)(C)N2C(=O)c1ccccc1OC. The molecule has 0 saturated heterocycles. The maximum atomic E-state index is 13.7. The molecule has 4 rings (SSSR count). The second kappa shape index (κ2) is 9.21. The molecule has 0 fully saturated rings. The molecule has 34 heavy (non-hydrogen) atoms. The number of methoxy groups -OCH3 is 2. The number of rotatable bonds is 5. The van der Waals surface area contributed by atoms with E-state index in [1.807, 2.05) is 29.2 Å². The molecule has 1 amide bonds. The molecule has 3 aromatic carbocycles. The van der Waals surface area contributed by atoms with Gasteiger partial charge in [0, 0.05) is 11.2 Å². The Balaban J connectivity index is 1.70. The fraction of sp³-hybridized carbons (Fsp3) is 0.286. The first kappa shape index (κ1) is 23.4. The number of fused-ring (bicyclic) bond motifs is 1. The lowest BCUT2D eigenvalue weighted by atomic mass is 9.79. The minimum absolute atomic E-state index is 0.130. The summed E-state index contributed by atoms with van der Waals surface area (Å²) < 4.78 is 16.4. The Bertz CT molecular complexity index is 1230. The molecular formula is C28H29NO5. The van der Waals surface area contributed by atoms with Crippen LogP contribution in [0.4, 0.5) is 5.69 Å². The molecule has 6 heteroatoms. The van der Waals surface area contributed by atoms with Gasteiger partial charge in [0.25, 0.3) is 5.91 Å². The van der Waals surface area contributed by atoms with Crippen molar-refractivity contribution >= 4 is 17.6 Å². The van der Waals surface area contributed by atoms with Gasteiger partial charge in [-0.15, -0.1) is 0 Å². The van der Waals surface area contributed by atoms with E-state index in [0.717, 1.165) is 17.7 Å². The molecule has 1 atom stereocenters. The van der Waals surface area contributed by atoms with Gasteiger partial charge < -0.3 is 19.1 Å². The molecule has 0 aromatic heterocycles. The van der Waals surface area contributed by atoms with Crippen molar-refractivity contribution in [2.45, 2.75) is 38.6 Å². The Kier molecular flexibility index (Phi) is 6.33. The van der Waals surface area contributed by atoms with Gasteiger partial charge in [-0.05, 0) is 74.2 Å². The number of carbonyl (C=O) groups is 2. The molecule has 0 radical (unpaired) electrons. The smallest absolute Gasteiger partial charge is 0.347 e. The minimum atomic E-state index is -0.497. The first-order chi connectivity index (χ1) is 16.3. The number of anilines is 1. The molecule has 0 spiro atoms. The number of ether oxygens (including phenoxy) is 3. The molecule has 3 aromatic rings. The maximum Gasteiger partial charge on any atom is 0.347 e. The van der Waals surface area contributed by atoms with Crippen LogP contribution >= 0.6 is 0 Å². The fourth-order valence-electron chi connectivity index (χ4n) is 4.77. The highest BCUT2D eigenvalue weighted by molar-refractivity contribution is 6.09. The highest BCUT2D eigenvalue weighted by Crippen LogP contribution is 2.45. The zero-order chi connectivity index (χ0) is 24.5. The van der Waals surface area contributed by atoms with Gasteiger partial charge in [-0.25, -0.2) is 4.79 Å². The number of carbonyl (C=O) groups excluding carboxylic acids is 2. The van der Waals surface area contributed by atoms with Crippen molar-refractivity contribution in [2.75, 3.05) is 19.1 Å². The van der Waals surface area contributed by atoms with Crippen LogP contribution in [0.5, 0.6) is 17.2 Å². The Morgan fingerprint density at radius 2 is 1.47 bits per heavy atom.